The highest BCUT2D eigenvalue weighted by Gasteiger charge is 2.23. The number of ether oxygens (including phenoxy) is 1. The molecular weight excluding hydrogens is 306 g/mol. The van der Waals surface area contributed by atoms with Gasteiger partial charge < -0.3 is 9.84 Å². The largest absolute Gasteiger partial charge is 0.480 e. The zero-order chi connectivity index (χ0) is 12.3. The van der Waals surface area contributed by atoms with Gasteiger partial charge in [0, 0.05) is 27.9 Å². The summed E-state index contributed by atoms with van der Waals surface area (Å²) in [6.45, 7) is 1.38. The van der Waals surface area contributed by atoms with E-state index in [0.29, 0.717) is 6.54 Å². The number of hydrogen-bond donors (Lipinski definition) is 2. The van der Waals surface area contributed by atoms with Crippen LogP contribution in [0.4, 0.5) is 0 Å². The Morgan fingerprint density at radius 3 is 3.12 bits per heavy atom. The van der Waals surface area contributed by atoms with Crippen LogP contribution in [0.5, 0.6) is 0 Å². The summed E-state index contributed by atoms with van der Waals surface area (Å²) in [5.74, 6) is -0.850. The Morgan fingerprint density at radius 2 is 2.59 bits per heavy atom. The topological polar surface area (TPSA) is 58.6 Å². The highest BCUT2D eigenvalue weighted by atomic mass is 79.9. The molecule has 0 aromatic carbocycles. The molecule has 2 heterocycles. The number of thiophene rings is 1. The first-order valence-corrected chi connectivity index (χ1v) is 7.16. The molecule has 2 atom stereocenters. The van der Waals surface area contributed by atoms with Gasteiger partial charge in [-0.1, -0.05) is 0 Å². The van der Waals surface area contributed by atoms with Crippen LogP contribution < -0.4 is 5.32 Å². The van der Waals surface area contributed by atoms with Gasteiger partial charge in [-0.2, -0.15) is 0 Å². The minimum Gasteiger partial charge on any atom is -0.480 e. The molecule has 2 N–H and O–H groups in total. The Balaban J connectivity index is 1.95. The number of halogens is 1. The van der Waals surface area contributed by atoms with Crippen molar-refractivity contribution in [3.8, 4) is 0 Å². The van der Waals surface area contributed by atoms with Crippen LogP contribution in [0.3, 0.4) is 0 Å². The van der Waals surface area contributed by atoms with E-state index in [1.165, 1.54) is 11.3 Å². The lowest BCUT2D eigenvalue weighted by Gasteiger charge is -2.16. The molecule has 1 aliphatic heterocycles. The molecule has 0 amide bonds. The molecule has 0 bridgehead atoms. The van der Waals surface area contributed by atoms with Gasteiger partial charge in [-0.3, -0.25) is 10.1 Å². The van der Waals surface area contributed by atoms with Crippen LogP contribution >= 0.6 is 27.3 Å². The third-order valence-electron chi connectivity index (χ3n) is 2.69. The van der Waals surface area contributed by atoms with Crippen molar-refractivity contribution in [2.75, 3.05) is 13.2 Å². The monoisotopic (exact) mass is 319 g/mol. The Morgan fingerprint density at radius 1 is 1.76 bits per heavy atom. The zero-order valence-corrected chi connectivity index (χ0v) is 11.6. The summed E-state index contributed by atoms with van der Waals surface area (Å²) in [5.41, 5.74) is 0. The van der Waals surface area contributed by atoms with E-state index >= 15 is 0 Å². The Bertz CT molecular complexity index is 390. The summed E-state index contributed by atoms with van der Waals surface area (Å²) in [6, 6.07) is 1.20. The van der Waals surface area contributed by atoms with Crippen LogP contribution in [0.25, 0.3) is 0 Å². The molecule has 1 saturated heterocycles. The molecule has 1 fully saturated rings. The van der Waals surface area contributed by atoms with Crippen molar-refractivity contribution in [2.24, 2.45) is 0 Å². The van der Waals surface area contributed by atoms with Crippen molar-refractivity contribution < 1.29 is 14.6 Å². The first kappa shape index (κ1) is 13.0. The van der Waals surface area contributed by atoms with Crippen molar-refractivity contribution in [3.05, 3.63) is 20.8 Å². The Kier molecular flexibility index (Phi) is 4.55. The lowest BCUT2D eigenvalue weighted by Crippen LogP contribution is -2.33. The van der Waals surface area contributed by atoms with E-state index < -0.39 is 12.0 Å². The molecule has 6 heteroatoms. The van der Waals surface area contributed by atoms with Crippen molar-refractivity contribution in [1.82, 2.24) is 5.32 Å². The number of aliphatic carboxylic acids is 1. The summed E-state index contributed by atoms with van der Waals surface area (Å²) in [5, 5.41) is 14.1. The van der Waals surface area contributed by atoms with E-state index in [2.05, 4.69) is 21.2 Å². The second-order valence-corrected chi connectivity index (χ2v) is 5.84. The highest BCUT2D eigenvalue weighted by Crippen LogP contribution is 2.26. The first-order chi connectivity index (χ1) is 8.16. The minimum atomic E-state index is -0.850. The fraction of sp³-hybridized carbons (Fsp3) is 0.545. The molecule has 0 radical (unpaired) electrons. The molecule has 94 valence electrons. The predicted molar refractivity (Wildman–Crippen MR) is 69.4 cm³/mol. The maximum atomic E-state index is 11.2. The number of nitrogens with one attached hydrogen (secondary N) is 1. The summed E-state index contributed by atoms with van der Waals surface area (Å²) in [6.07, 6.45) is 2.22. The normalized spacial score (nSPS) is 21.6. The van der Waals surface area contributed by atoms with Gasteiger partial charge in [0.25, 0.3) is 0 Å². The second-order valence-electron chi connectivity index (χ2n) is 3.98. The van der Waals surface area contributed by atoms with Gasteiger partial charge in [0.05, 0.1) is 6.10 Å². The fourth-order valence-electron chi connectivity index (χ4n) is 1.84. The molecule has 2 unspecified atom stereocenters. The van der Waals surface area contributed by atoms with E-state index in [0.717, 1.165) is 28.8 Å². The maximum absolute atomic E-state index is 11.2. The van der Waals surface area contributed by atoms with Crippen LogP contribution in [0.1, 0.15) is 23.8 Å². The van der Waals surface area contributed by atoms with Gasteiger partial charge in [0.1, 0.15) is 6.04 Å². The molecule has 1 aromatic heterocycles. The van der Waals surface area contributed by atoms with Crippen molar-refractivity contribution in [3.63, 3.8) is 0 Å². The summed E-state index contributed by atoms with van der Waals surface area (Å²) in [4.78, 5) is 12.0. The van der Waals surface area contributed by atoms with E-state index in [1.54, 1.807) is 0 Å². The average molecular weight is 320 g/mol. The van der Waals surface area contributed by atoms with Crippen LogP contribution in [-0.4, -0.2) is 30.3 Å². The van der Waals surface area contributed by atoms with Gasteiger partial charge in [0.15, 0.2) is 0 Å². The van der Waals surface area contributed by atoms with Crippen LogP contribution in [0.2, 0.25) is 0 Å². The van der Waals surface area contributed by atoms with Crippen LogP contribution in [0, 0.1) is 0 Å². The Labute approximate surface area is 112 Å². The van der Waals surface area contributed by atoms with Gasteiger partial charge >= 0.3 is 5.97 Å². The lowest BCUT2D eigenvalue weighted by atomic mass is 10.2. The summed E-state index contributed by atoms with van der Waals surface area (Å²) < 4.78 is 6.38. The molecule has 4 nitrogen and oxygen atoms in total. The van der Waals surface area contributed by atoms with Gasteiger partial charge in [-0.15, -0.1) is 11.3 Å². The van der Waals surface area contributed by atoms with E-state index in [-0.39, 0.29) is 6.10 Å². The summed E-state index contributed by atoms with van der Waals surface area (Å²) in [7, 11) is 0. The van der Waals surface area contributed by atoms with Crippen LogP contribution in [-0.2, 0) is 9.53 Å². The third-order valence-corrected chi connectivity index (χ3v) is 4.45. The highest BCUT2D eigenvalue weighted by molar-refractivity contribution is 9.10. The SMILES string of the molecule is O=C(O)C(NCC1CCCO1)c1cc(Br)cs1. The fourth-order valence-corrected chi connectivity index (χ4v) is 3.35. The number of carboxylic acid groups (broad SMARTS) is 1. The first-order valence-electron chi connectivity index (χ1n) is 5.48. The third kappa shape index (κ3) is 3.51. The lowest BCUT2D eigenvalue weighted by molar-refractivity contribution is -0.139. The molecule has 0 saturated carbocycles. The molecule has 17 heavy (non-hydrogen) atoms. The molecule has 0 spiro atoms. The average Bonchev–Trinajstić information content (AvgIpc) is 2.90. The van der Waals surface area contributed by atoms with E-state index in [4.69, 9.17) is 4.74 Å². The van der Waals surface area contributed by atoms with Gasteiger partial charge in [-0.05, 0) is 34.8 Å². The number of hydrogen-bond acceptors (Lipinski definition) is 4. The molecule has 1 aliphatic rings. The smallest absolute Gasteiger partial charge is 0.326 e. The second kappa shape index (κ2) is 5.95. The molecule has 2 rings (SSSR count). The minimum absolute atomic E-state index is 0.153. The van der Waals surface area contributed by atoms with Crippen molar-refractivity contribution in [2.45, 2.75) is 25.0 Å². The zero-order valence-electron chi connectivity index (χ0n) is 9.19. The molecule has 0 aliphatic carbocycles. The molecule has 1 aromatic rings. The van der Waals surface area contributed by atoms with Crippen molar-refractivity contribution >= 4 is 33.2 Å². The van der Waals surface area contributed by atoms with Gasteiger partial charge in [0.2, 0.25) is 0 Å². The van der Waals surface area contributed by atoms with E-state index in [1.807, 2.05) is 11.4 Å². The quantitative estimate of drug-likeness (QED) is 0.875. The number of carbonyl (C=O) groups is 1. The van der Waals surface area contributed by atoms with Crippen molar-refractivity contribution in [1.29, 1.82) is 0 Å². The predicted octanol–water partition coefficient (Wildman–Crippen LogP) is 2.40. The van der Waals surface area contributed by atoms with Crippen LogP contribution in [0.15, 0.2) is 15.9 Å². The standard InChI is InChI=1S/C11H14BrNO3S/c12-7-4-9(17-6-7)10(11(14)15)13-5-8-2-1-3-16-8/h4,6,8,10,13H,1-3,5H2,(H,14,15). The van der Waals surface area contributed by atoms with Gasteiger partial charge in [-0.25, -0.2) is 0 Å². The van der Waals surface area contributed by atoms with E-state index in [9.17, 15) is 9.90 Å². The number of rotatable bonds is 5. The Hall–Kier alpha value is -0.430. The molecular formula is C11H14BrNO3S. The summed E-state index contributed by atoms with van der Waals surface area (Å²) >= 11 is 4.77. The number of carboxylic acids is 1. The maximum Gasteiger partial charge on any atom is 0.326 e.